The van der Waals surface area contributed by atoms with Gasteiger partial charge < -0.3 is 25.0 Å². The number of hydrogen-bond donors (Lipinski definition) is 2. The molecule has 0 atom stereocenters. The van der Waals surface area contributed by atoms with E-state index in [0.29, 0.717) is 23.5 Å². The van der Waals surface area contributed by atoms with Crippen LogP contribution in [-0.2, 0) is 13.1 Å². The van der Waals surface area contributed by atoms with Crippen LogP contribution in [0.1, 0.15) is 30.4 Å². The Morgan fingerprint density at radius 1 is 0.878 bits per heavy atom. The molecule has 41 heavy (non-hydrogen) atoms. The highest BCUT2D eigenvalue weighted by atomic mass is 16.5. The summed E-state index contributed by atoms with van der Waals surface area (Å²) in [6.07, 6.45) is 3.10. The quantitative estimate of drug-likeness (QED) is 0.205. The molecule has 4 aromatic rings. The van der Waals surface area contributed by atoms with E-state index in [0.717, 1.165) is 75.3 Å². The van der Waals surface area contributed by atoms with E-state index < -0.39 is 0 Å². The first-order valence-corrected chi connectivity index (χ1v) is 14.5. The second-order valence-corrected chi connectivity index (χ2v) is 10.8. The topological polar surface area (TPSA) is 74.8 Å². The minimum Gasteiger partial charge on any atom is -0.493 e. The molecule has 0 aliphatic carbocycles. The summed E-state index contributed by atoms with van der Waals surface area (Å²) in [5, 5.41) is 8.15. The van der Waals surface area contributed by atoms with Crippen LogP contribution in [0, 0.1) is 0 Å². The molecular weight excluding hydrogens is 512 g/mol. The van der Waals surface area contributed by atoms with Gasteiger partial charge in [-0.2, -0.15) is 4.98 Å². The van der Waals surface area contributed by atoms with Gasteiger partial charge in [0.15, 0.2) is 11.5 Å². The number of methoxy groups -OCH3 is 2. The van der Waals surface area contributed by atoms with Gasteiger partial charge in [0.2, 0.25) is 5.95 Å². The molecule has 1 fully saturated rings. The number of anilines is 2. The lowest BCUT2D eigenvalue weighted by atomic mass is 10.0. The van der Waals surface area contributed by atoms with Crippen LogP contribution in [0.3, 0.4) is 0 Å². The van der Waals surface area contributed by atoms with Crippen molar-refractivity contribution < 1.29 is 9.47 Å². The third-order valence-electron chi connectivity index (χ3n) is 7.67. The summed E-state index contributed by atoms with van der Waals surface area (Å²) in [5.74, 6) is 2.79. The van der Waals surface area contributed by atoms with Crippen LogP contribution in [0.2, 0.25) is 0 Å². The molecule has 8 heteroatoms. The SMILES string of the molecule is COc1cc2nc(NCCCN(C)Cc3ccccc3)nc(NC3CCN(Cc4ccccc4)CC3)c2cc1OC. The lowest BCUT2D eigenvalue weighted by Gasteiger charge is -2.33. The Bertz CT molecular complexity index is 1380. The fourth-order valence-corrected chi connectivity index (χ4v) is 5.44. The molecule has 5 rings (SSSR count). The van der Waals surface area contributed by atoms with E-state index in [-0.39, 0.29) is 0 Å². The van der Waals surface area contributed by atoms with Gasteiger partial charge in [0.1, 0.15) is 5.82 Å². The van der Waals surface area contributed by atoms with Gasteiger partial charge in [-0.1, -0.05) is 60.7 Å². The average molecular weight is 555 g/mol. The standard InChI is InChI=1S/C33H42N6O2/c1-38(23-25-11-6-4-7-12-25)18-10-17-34-33-36-29-22-31(41-3)30(40-2)21-28(29)32(37-33)35-27-15-19-39(20-16-27)24-26-13-8-5-9-14-26/h4-9,11-14,21-22,27H,10,15-20,23-24H2,1-3H3,(H2,34,35,36,37). The summed E-state index contributed by atoms with van der Waals surface area (Å²) in [5.41, 5.74) is 3.51. The number of nitrogens with one attached hydrogen (secondary N) is 2. The molecule has 0 unspecified atom stereocenters. The first kappa shape index (κ1) is 28.6. The maximum atomic E-state index is 5.60. The van der Waals surface area contributed by atoms with E-state index in [9.17, 15) is 0 Å². The molecule has 0 saturated carbocycles. The van der Waals surface area contributed by atoms with Crippen molar-refractivity contribution in [1.82, 2.24) is 19.8 Å². The monoisotopic (exact) mass is 554 g/mol. The number of fused-ring (bicyclic) bond motifs is 1. The molecular formula is C33H42N6O2. The molecule has 1 saturated heterocycles. The van der Waals surface area contributed by atoms with Crippen molar-refractivity contribution in [1.29, 1.82) is 0 Å². The Labute approximate surface area is 243 Å². The Kier molecular flexibility index (Phi) is 9.88. The molecule has 1 aliphatic heterocycles. The molecule has 216 valence electrons. The highest BCUT2D eigenvalue weighted by molar-refractivity contribution is 5.92. The molecule has 0 amide bonds. The zero-order chi connectivity index (χ0) is 28.4. The lowest BCUT2D eigenvalue weighted by Crippen LogP contribution is -2.38. The van der Waals surface area contributed by atoms with Gasteiger partial charge in [-0.3, -0.25) is 4.90 Å². The van der Waals surface area contributed by atoms with Crippen molar-refractivity contribution >= 4 is 22.7 Å². The van der Waals surface area contributed by atoms with E-state index >= 15 is 0 Å². The maximum Gasteiger partial charge on any atom is 0.225 e. The van der Waals surface area contributed by atoms with Crippen LogP contribution in [0.15, 0.2) is 72.8 Å². The van der Waals surface area contributed by atoms with Gasteiger partial charge in [-0.25, -0.2) is 4.98 Å². The summed E-state index contributed by atoms with van der Waals surface area (Å²) in [6.45, 7) is 5.80. The van der Waals surface area contributed by atoms with Crippen molar-refractivity contribution in [2.75, 3.05) is 58.1 Å². The summed E-state index contributed by atoms with van der Waals surface area (Å²) in [6, 6.07) is 25.5. The Balaban J connectivity index is 1.24. The van der Waals surface area contributed by atoms with Gasteiger partial charge in [-0.05, 0) is 50.0 Å². The highest BCUT2D eigenvalue weighted by Crippen LogP contribution is 2.35. The zero-order valence-electron chi connectivity index (χ0n) is 24.5. The number of hydrogen-bond acceptors (Lipinski definition) is 8. The van der Waals surface area contributed by atoms with Crippen LogP contribution in [0.4, 0.5) is 11.8 Å². The Hall–Kier alpha value is -3.88. The molecule has 0 bridgehead atoms. The van der Waals surface area contributed by atoms with Crippen molar-refractivity contribution in [2.45, 2.75) is 38.4 Å². The molecule has 3 aromatic carbocycles. The van der Waals surface area contributed by atoms with Crippen molar-refractivity contribution in [3.05, 3.63) is 83.9 Å². The molecule has 1 aromatic heterocycles. The smallest absolute Gasteiger partial charge is 0.225 e. The molecule has 2 N–H and O–H groups in total. The maximum absolute atomic E-state index is 5.60. The first-order valence-electron chi connectivity index (χ1n) is 14.5. The van der Waals surface area contributed by atoms with Crippen molar-refractivity contribution in [2.24, 2.45) is 0 Å². The van der Waals surface area contributed by atoms with E-state index in [4.69, 9.17) is 19.4 Å². The summed E-state index contributed by atoms with van der Waals surface area (Å²) in [7, 11) is 5.47. The van der Waals surface area contributed by atoms with Crippen LogP contribution < -0.4 is 20.1 Å². The van der Waals surface area contributed by atoms with Crippen LogP contribution >= 0.6 is 0 Å². The predicted octanol–water partition coefficient (Wildman–Crippen LogP) is 5.66. The third kappa shape index (κ3) is 7.86. The Morgan fingerprint density at radius 3 is 2.22 bits per heavy atom. The largest absolute Gasteiger partial charge is 0.493 e. The van der Waals surface area contributed by atoms with E-state index in [2.05, 4.69) is 88.1 Å². The predicted molar refractivity (Wildman–Crippen MR) is 167 cm³/mol. The van der Waals surface area contributed by atoms with Crippen molar-refractivity contribution in [3.63, 3.8) is 0 Å². The number of nitrogens with zero attached hydrogens (tertiary/aromatic N) is 4. The second-order valence-electron chi connectivity index (χ2n) is 10.8. The summed E-state index contributed by atoms with van der Waals surface area (Å²) in [4.78, 5) is 14.6. The highest BCUT2D eigenvalue weighted by Gasteiger charge is 2.21. The van der Waals surface area contributed by atoms with Gasteiger partial charge >= 0.3 is 0 Å². The number of likely N-dealkylation sites (tertiary alicyclic amines) is 1. The number of piperidine rings is 1. The molecule has 8 nitrogen and oxygen atoms in total. The summed E-state index contributed by atoms with van der Waals surface area (Å²) >= 11 is 0. The molecule has 1 aliphatic rings. The number of aromatic nitrogens is 2. The lowest BCUT2D eigenvalue weighted by molar-refractivity contribution is 0.211. The third-order valence-corrected chi connectivity index (χ3v) is 7.67. The molecule has 0 radical (unpaired) electrons. The van der Waals surface area contributed by atoms with E-state index in [1.807, 2.05) is 12.1 Å². The van der Waals surface area contributed by atoms with Gasteiger partial charge in [0, 0.05) is 50.2 Å². The fraction of sp³-hybridized carbons (Fsp3) is 0.394. The van der Waals surface area contributed by atoms with Crippen LogP contribution in [0.5, 0.6) is 11.5 Å². The minimum atomic E-state index is 0.340. The van der Waals surface area contributed by atoms with Gasteiger partial charge in [-0.15, -0.1) is 0 Å². The fourth-order valence-electron chi connectivity index (χ4n) is 5.44. The number of ether oxygens (including phenoxy) is 2. The minimum absolute atomic E-state index is 0.340. The molecule has 2 heterocycles. The zero-order valence-corrected chi connectivity index (χ0v) is 24.5. The second kappa shape index (κ2) is 14.1. The van der Waals surface area contributed by atoms with E-state index in [1.165, 1.54) is 11.1 Å². The number of benzene rings is 3. The molecule has 0 spiro atoms. The normalized spacial score (nSPS) is 14.3. The van der Waals surface area contributed by atoms with Crippen LogP contribution in [0.25, 0.3) is 10.9 Å². The van der Waals surface area contributed by atoms with Crippen LogP contribution in [-0.4, -0.2) is 73.3 Å². The summed E-state index contributed by atoms with van der Waals surface area (Å²) < 4.78 is 11.2. The average Bonchev–Trinajstić information content (AvgIpc) is 3.00. The van der Waals surface area contributed by atoms with E-state index in [1.54, 1.807) is 14.2 Å². The van der Waals surface area contributed by atoms with Gasteiger partial charge in [0.05, 0.1) is 19.7 Å². The number of rotatable bonds is 13. The van der Waals surface area contributed by atoms with Crippen molar-refractivity contribution in [3.8, 4) is 11.5 Å². The Morgan fingerprint density at radius 2 is 1.54 bits per heavy atom. The van der Waals surface area contributed by atoms with Gasteiger partial charge in [0.25, 0.3) is 0 Å². The first-order chi connectivity index (χ1) is 20.1.